The molecule has 154 valence electrons. The lowest BCUT2D eigenvalue weighted by Gasteiger charge is -2.22. The van der Waals surface area contributed by atoms with Crippen molar-refractivity contribution in [2.75, 3.05) is 11.4 Å². The van der Waals surface area contributed by atoms with Gasteiger partial charge in [0.1, 0.15) is 5.65 Å². The lowest BCUT2D eigenvalue weighted by molar-refractivity contribution is -0.192. The summed E-state index contributed by atoms with van der Waals surface area (Å²) >= 11 is 0. The van der Waals surface area contributed by atoms with Crippen molar-refractivity contribution >= 4 is 23.5 Å². The largest absolute Gasteiger partial charge is 0.490 e. The molecule has 3 rings (SSSR count). The Bertz CT molecular complexity index is 992. The van der Waals surface area contributed by atoms with Crippen LogP contribution in [0.25, 0.3) is 5.65 Å². The molecule has 0 saturated carbocycles. The minimum Gasteiger partial charge on any atom is -0.477 e. The molecule has 0 aliphatic carbocycles. The minimum atomic E-state index is -5.08. The molecule has 0 amide bonds. The normalized spacial score (nSPS) is 10.9. The lowest BCUT2D eigenvalue weighted by atomic mass is 10.3. The fourth-order valence-corrected chi connectivity index (χ4v) is 2.25. The molecule has 0 spiro atoms. The second-order valence-corrected chi connectivity index (χ2v) is 5.54. The number of hydrogen-bond acceptors (Lipinski definition) is 6. The summed E-state index contributed by atoms with van der Waals surface area (Å²) in [5, 5.41) is 16.3. The van der Waals surface area contributed by atoms with Crippen LogP contribution in [0, 0.1) is 0 Å². The summed E-state index contributed by atoms with van der Waals surface area (Å²) in [6.45, 7) is 3.20. The molecule has 0 bridgehead atoms. The van der Waals surface area contributed by atoms with Crippen LogP contribution in [0.5, 0.6) is 0 Å². The number of anilines is 1. The van der Waals surface area contributed by atoms with Crippen molar-refractivity contribution in [2.24, 2.45) is 0 Å². The Labute approximate surface area is 162 Å². The minimum absolute atomic E-state index is 0.0202. The second-order valence-electron chi connectivity index (χ2n) is 5.54. The standard InChI is InChI=1S/C15H15N5O2.C2HF3O2/c1-2-19(10-11-5-3-4-6-16-11)15-18-12(14(21)22)9-13-17-7-8-20(13)15;3-2(4,5)1(6)7/h3-9H,2,10H2,1H3,(H,21,22);(H,6,7). The molecular weight excluding hydrogens is 395 g/mol. The first-order valence-electron chi connectivity index (χ1n) is 8.15. The number of alkyl halides is 3. The molecular formula is C17H16F3N5O4. The molecule has 0 radical (unpaired) electrons. The van der Waals surface area contributed by atoms with E-state index in [0.29, 0.717) is 24.7 Å². The number of carbonyl (C=O) groups is 2. The van der Waals surface area contributed by atoms with E-state index in [0.717, 1.165) is 5.69 Å². The van der Waals surface area contributed by atoms with E-state index in [1.807, 2.05) is 30.0 Å². The van der Waals surface area contributed by atoms with E-state index in [1.54, 1.807) is 23.0 Å². The quantitative estimate of drug-likeness (QED) is 0.657. The molecule has 0 fully saturated rings. The van der Waals surface area contributed by atoms with Gasteiger partial charge in [-0.05, 0) is 19.1 Å². The van der Waals surface area contributed by atoms with Crippen molar-refractivity contribution in [3.8, 4) is 0 Å². The number of rotatable bonds is 5. The number of carboxylic acids is 2. The van der Waals surface area contributed by atoms with Gasteiger partial charge in [0.05, 0.1) is 12.2 Å². The first-order valence-corrected chi connectivity index (χ1v) is 8.15. The van der Waals surface area contributed by atoms with Crippen LogP contribution in [0.1, 0.15) is 23.1 Å². The molecule has 12 heteroatoms. The predicted molar refractivity (Wildman–Crippen MR) is 94.6 cm³/mol. The van der Waals surface area contributed by atoms with Gasteiger partial charge in [-0.25, -0.2) is 19.6 Å². The van der Waals surface area contributed by atoms with Gasteiger partial charge in [-0.3, -0.25) is 9.38 Å². The summed E-state index contributed by atoms with van der Waals surface area (Å²) < 4.78 is 33.5. The van der Waals surface area contributed by atoms with E-state index < -0.39 is 18.1 Å². The topological polar surface area (TPSA) is 121 Å². The van der Waals surface area contributed by atoms with Gasteiger partial charge in [0, 0.05) is 31.2 Å². The van der Waals surface area contributed by atoms with Crippen molar-refractivity contribution in [1.82, 2.24) is 19.4 Å². The molecule has 0 aliphatic rings. The van der Waals surface area contributed by atoms with Gasteiger partial charge < -0.3 is 15.1 Å². The van der Waals surface area contributed by atoms with E-state index >= 15 is 0 Å². The molecule has 0 saturated heterocycles. The highest BCUT2D eigenvalue weighted by Gasteiger charge is 2.38. The Morgan fingerprint density at radius 2 is 1.86 bits per heavy atom. The smallest absolute Gasteiger partial charge is 0.477 e. The zero-order chi connectivity index (χ0) is 21.6. The third-order valence-electron chi connectivity index (χ3n) is 3.58. The second kappa shape index (κ2) is 8.99. The highest BCUT2D eigenvalue weighted by Crippen LogP contribution is 2.17. The zero-order valence-electron chi connectivity index (χ0n) is 15.0. The molecule has 3 aromatic rings. The average Bonchev–Trinajstić information content (AvgIpc) is 3.14. The lowest BCUT2D eigenvalue weighted by Crippen LogP contribution is -2.26. The van der Waals surface area contributed by atoms with E-state index in [9.17, 15) is 23.1 Å². The SMILES string of the molecule is CCN(Cc1ccccn1)c1nc(C(=O)O)cc2nccn12.O=C(O)C(F)(F)F. The zero-order valence-corrected chi connectivity index (χ0v) is 15.0. The van der Waals surface area contributed by atoms with Gasteiger partial charge in [-0.15, -0.1) is 0 Å². The van der Waals surface area contributed by atoms with Crippen molar-refractivity contribution in [1.29, 1.82) is 0 Å². The monoisotopic (exact) mass is 411 g/mol. The number of halogens is 3. The number of aromatic carboxylic acids is 1. The molecule has 29 heavy (non-hydrogen) atoms. The van der Waals surface area contributed by atoms with Crippen molar-refractivity contribution in [3.05, 3.63) is 54.2 Å². The van der Waals surface area contributed by atoms with Gasteiger partial charge in [0.25, 0.3) is 0 Å². The number of imidazole rings is 1. The van der Waals surface area contributed by atoms with E-state index in [-0.39, 0.29) is 5.69 Å². The van der Waals surface area contributed by atoms with E-state index in [1.165, 1.54) is 6.07 Å². The molecule has 3 heterocycles. The molecule has 3 aromatic heterocycles. The molecule has 0 atom stereocenters. The molecule has 0 aliphatic heterocycles. The Morgan fingerprint density at radius 3 is 2.38 bits per heavy atom. The summed E-state index contributed by atoms with van der Waals surface area (Å²) in [5.74, 6) is -3.28. The van der Waals surface area contributed by atoms with Crippen LogP contribution in [0.15, 0.2) is 42.9 Å². The highest BCUT2D eigenvalue weighted by atomic mass is 19.4. The summed E-state index contributed by atoms with van der Waals surface area (Å²) in [6, 6.07) is 7.16. The number of nitrogens with zero attached hydrogens (tertiary/aromatic N) is 5. The van der Waals surface area contributed by atoms with Crippen LogP contribution >= 0.6 is 0 Å². The number of pyridine rings is 1. The Morgan fingerprint density at radius 1 is 1.17 bits per heavy atom. The van der Waals surface area contributed by atoms with Crippen LogP contribution in [0.4, 0.5) is 19.1 Å². The van der Waals surface area contributed by atoms with Crippen molar-refractivity contribution < 1.29 is 33.0 Å². The number of carboxylic acid groups (broad SMARTS) is 2. The van der Waals surface area contributed by atoms with Gasteiger partial charge in [0.15, 0.2) is 5.69 Å². The molecule has 9 nitrogen and oxygen atoms in total. The third-order valence-corrected chi connectivity index (χ3v) is 3.58. The number of fused-ring (bicyclic) bond motifs is 1. The van der Waals surface area contributed by atoms with Crippen LogP contribution in [0.3, 0.4) is 0 Å². The van der Waals surface area contributed by atoms with Gasteiger partial charge in [0.2, 0.25) is 5.95 Å². The predicted octanol–water partition coefficient (Wildman–Crippen LogP) is 2.48. The first kappa shape index (κ1) is 21.6. The number of hydrogen-bond donors (Lipinski definition) is 2. The maximum Gasteiger partial charge on any atom is 0.490 e. The van der Waals surface area contributed by atoms with Crippen molar-refractivity contribution in [2.45, 2.75) is 19.6 Å². The fraction of sp³-hybridized carbons (Fsp3) is 0.235. The van der Waals surface area contributed by atoms with Crippen molar-refractivity contribution in [3.63, 3.8) is 0 Å². The molecule has 0 aromatic carbocycles. The van der Waals surface area contributed by atoms with E-state index in [4.69, 9.17) is 9.90 Å². The van der Waals surface area contributed by atoms with Gasteiger partial charge >= 0.3 is 18.1 Å². The fourth-order valence-electron chi connectivity index (χ4n) is 2.25. The summed E-state index contributed by atoms with van der Waals surface area (Å²) in [5.41, 5.74) is 1.43. The number of aromatic nitrogens is 4. The summed E-state index contributed by atoms with van der Waals surface area (Å²) in [6.07, 6.45) is 0.0439. The van der Waals surface area contributed by atoms with Crippen LogP contribution in [-0.2, 0) is 11.3 Å². The average molecular weight is 411 g/mol. The van der Waals surface area contributed by atoms with Gasteiger partial charge in [-0.2, -0.15) is 13.2 Å². The maximum absolute atomic E-state index is 11.3. The summed E-state index contributed by atoms with van der Waals surface area (Å²) in [4.78, 5) is 34.8. The Balaban J connectivity index is 0.000000370. The summed E-state index contributed by atoms with van der Waals surface area (Å²) in [7, 11) is 0. The third kappa shape index (κ3) is 5.64. The first-order chi connectivity index (χ1) is 13.6. The Kier molecular flexibility index (Phi) is 6.70. The van der Waals surface area contributed by atoms with Crippen LogP contribution in [0.2, 0.25) is 0 Å². The van der Waals surface area contributed by atoms with Gasteiger partial charge in [-0.1, -0.05) is 6.07 Å². The van der Waals surface area contributed by atoms with Crippen LogP contribution < -0.4 is 4.90 Å². The maximum atomic E-state index is 11.3. The number of aliphatic carboxylic acids is 1. The molecule has 0 unspecified atom stereocenters. The Hall–Kier alpha value is -3.70. The van der Waals surface area contributed by atoms with E-state index in [2.05, 4.69) is 15.0 Å². The van der Waals surface area contributed by atoms with Crippen LogP contribution in [-0.4, -0.2) is 54.2 Å². The highest BCUT2D eigenvalue weighted by molar-refractivity contribution is 5.87. The molecule has 2 N–H and O–H groups in total.